The van der Waals surface area contributed by atoms with Crippen LogP contribution in [0.15, 0.2) is 146 Å². The lowest BCUT2D eigenvalue weighted by Gasteiger charge is -2.35. The number of para-hydroxylation sites is 3. The fourth-order valence-corrected chi connectivity index (χ4v) is 5.63. The molecular formula is C38H27N3O9. The largest absolute Gasteiger partial charge is 0.457 e. The minimum absolute atomic E-state index is 0.0786. The van der Waals surface area contributed by atoms with Gasteiger partial charge in [-0.2, -0.15) is 0 Å². The molecule has 0 aromatic heterocycles. The Labute approximate surface area is 285 Å². The molecule has 0 heterocycles. The summed E-state index contributed by atoms with van der Waals surface area (Å²) >= 11 is 0. The van der Waals surface area contributed by atoms with Crippen molar-refractivity contribution >= 4 is 17.1 Å². The first-order valence-electron chi connectivity index (χ1n) is 15.2. The molecule has 6 rings (SSSR count). The van der Waals surface area contributed by atoms with E-state index in [9.17, 15) is 30.3 Å². The quantitative estimate of drug-likeness (QED) is 0.0702. The third kappa shape index (κ3) is 6.80. The molecule has 0 atom stereocenters. The van der Waals surface area contributed by atoms with Crippen molar-refractivity contribution in [1.29, 1.82) is 0 Å². The SMILES string of the molecule is CC(c1ccccc1Oc1ccc([N+](=O)[O-])cc1)(c1ccccc1Oc1ccc([N+](=O)[O-])cc1)c1ccccc1Oc1ccc([N+](=O)[O-])cc1. The van der Waals surface area contributed by atoms with E-state index < -0.39 is 20.2 Å². The maximum absolute atomic E-state index is 11.3. The zero-order chi connectivity index (χ0) is 35.3. The zero-order valence-corrected chi connectivity index (χ0v) is 26.4. The zero-order valence-electron chi connectivity index (χ0n) is 26.4. The molecule has 248 valence electrons. The molecule has 0 saturated heterocycles. The van der Waals surface area contributed by atoms with Gasteiger partial charge in [-0.15, -0.1) is 0 Å². The Morgan fingerprint density at radius 3 is 0.880 bits per heavy atom. The molecule has 0 amide bonds. The summed E-state index contributed by atoms with van der Waals surface area (Å²) in [5.41, 5.74) is 0.709. The maximum Gasteiger partial charge on any atom is 0.269 e. The van der Waals surface area contributed by atoms with E-state index in [0.29, 0.717) is 51.2 Å². The Kier molecular flexibility index (Phi) is 9.17. The summed E-state index contributed by atoms with van der Waals surface area (Å²) in [6.45, 7) is 1.97. The van der Waals surface area contributed by atoms with Gasteiger partial charge in [0.25, 0.3) is 17.1 Å². The molecule has 50 heavy (non-hydrogen) atoms. The number of benzene rings is 6. The van der Waals surface area contributed by atoms with Crippen LogP contribution in [0.25, 0.3) is 0 Å². The molecule has 0 bridgehead atoms. The molecule has 0 unspecified atom stereocenters. The Morgan fingerprint density at radius 2 is 0.640 bits per heavy atom. The Hall–Kier alpha value is -7.08. The number of nitro benzene ring substituents is 3. The summed E-state index contributed by atoms with van der Waals surface area (Å²) < 4.78 is 19.2. The summed E-state index contributed by atoms with van der Waals surface area (Å²) in [6, 6.07) is 39.3. The summed E-state index contributed by atoms with van der Waals surface area (Å²) in [4.78, 5) is 32.3. The number of non-ortho nitro benzene ring substituents is 3. The number of hydrogen-bond donors (Lipinski definition) is 0. The van der Waals surface area contributed by atoms with E-state index in [1.165, 1.54) is 72.8 Å². The van der Waals surface area contributed by atoms with Crippen molar-refractivity contribution in [2.45, 2.75) is 12.3 Å². The molecule has 6 aromatic carbocycles. The average molecular weight is 670 g/mol. The highest BCUT2D eigenvalue weighted by Crippen LogP contribution is 2.50. The van der Waals surface area contributed by atoms with E-state index in [1.807, 2.05) is 61.5 Å². The van der Waals surface area contributed by atoms with Crippen LogP contribution >= 0.6 is 0 Å². The summed E-state index contributed by atoms with van der Waals surface area (Å²) in [5.74, 6) is 2.45. The van der Waals surface area contributed by atoms with Crippen LogP contribution in [-0.4, -0.2) is 14.8 Å². The van der Waals surface area contributed by atoms with Gasteiger partial charge in [-0.25, -0.2) is 0 Å². The van der Waals surface area contributed by atoms with Gasteiger partial charge < -0.3 is 14.2 Å². The first kappa shape index (κ1) is 32.8. The van der Waals surface area contributed by atoms with Gasteiger partial charge >= 0.3 is 0 Å². The van der Waals surface area contributed by atoms with Gasteiger partial charge in [0.2, 0.25) is 0 Å². The van der Waals surface area contributed by atoms with Gasteiger partial charge in [0, 0.05) is 53.1 Å². The summed E-state index contributed by atoms with van der Waals surface area (Å²) in [6.07, 6.45) is 0. The number of nitrogens with zero attached hydrogens (tertiary/aromatic N) is 3. The van der Waals surface area contributed by atoms with Crippen LogP contribution in [-0.2, 0) is 5.41 Å². The first-order chi connectivity index (χ1) is 24.1. The second kappa shape index (κ2) is 14.0. The Bertz CT molecular complexity index is 1940. The predicted molar refractivity (Wildman–Crippen MR) is 184 cm³/mol. The molecule has 0 fully saturated rings. The smallest absolute Gasteiger partial charge is 0.269 e. The lowest BCUT2D eigenvalue weighted by Crippen LogP contribution is -2.27. The second-order valence-electron chi connectivity index (χ2n) is 11.2. The van der Waals surface area contributed by atoms with Crippen molar-refractivity contribution < 1.29 is 29.0 Å². The molecule has 0 aliphatic carbocycles. The Morgan fingerprint density at radius 1 is 0.400 bits per heavy atom. The van der Waals surface area contributed by atoms with E-state index in [0.717, 1.165) is 0 Å². The second-order valence-corrected chi connectivity index (χ2v) is 11.2. The van der Waals surface area contributed by atoms with Crippen LogP contribution in [0.3, 0.4) is 0 Å². The molecule has 0 aliphatic rings. The molecule has 0 saturated carbocycles. The van der Waals surface area contributed by atoms with Crippen LogP contribution in [0, 0.1) is 30.3 Å². The van der Waals surface area contributed by atoms with E-state index >= 15 is 0 Å². The lowest BCUT2D eigenvalue weighted by molar-refractivity contribution is -0.385. The molecule has 12 heteroatoms. The fourth-order valence-electron chi connectivity index (χ4n) is 5.63. The van der Waals surface area contributed by atoms with Gasteiger partial charge in [-0.3, -0.25) is 30.3 Å². The Balaban J connectivity index is 1.52. The van der Waals surface area contributed by atoms with Crippen molar-refractivity contribution in [2.24, 2.45) is 0 Å². The molecule has 0 aliphatic heterocycles. The fraction of sp³-hybridized carbons (Fsp3) is 0.0526. The highest BCUT2D eigenvalue weighted by atomic mass is 16.6. The minimum atomic E-state index is -1.09. The third-order valence-corrected chi connectivity index (χ3v) is 8.10. The van der Waals surface area contributed by atoms with Crippen molar-refractivity contribution in [3.8, 4) is 34.5 Å². The monoisotopic (exact) mass is 669 g/mol. The molecule has 0 spiro atoms. The van der Waals surface area contributed by atoms with Crippen molar-refractivity contribution in [3.63, 3.8) is 0 Å². The molecule has 0 N–H and O–H groups in total. The highest BCUT2D eigenvalue weighted by Gasteiger charge is 2.39. The normalized spacial score (nSPS) is 11.0. The molecule has 0 radical (unpaired) electrons. The van der Waals surface area contributed by atoms with E-state index in [4.69, 9.17) is 14.2 Å². The highest BCUT2D eigenvalue weighted by molar-refractivity contribution is 5.62. The maximum atomic E-state index is 11.3. The van der Waals surface area contributed by atoms with Gasteiger partial charge in [0.1, 0.15) is 34.5 Å². The first-order valence-corrected chi connectivity index (χ1v) is 15.2. The average Bonchev–Trinajstić information content (AvgIpc) is 3.13. The van der Waals surface area contributed by atoms with E-state index in [-0.39, 0.29) is 17.1 Å². The van der Waals surface area contributed by atoms with Crippen LogP contribution < -0.4 is 14.2 Å². The molecule has 12 nitrogen and oxygen atoms in total. The van der Waals surface area contributed by atoms with Crippen molar-refractivity contribution in [2.75, 3.05) is 0 Å². The number of nitro groups is 3. The number of ether oxygens (including phenoxy) is 3. The summed E-state index contributed by atoms with van der Waals surface area (Å²) in [7, 11) is 0. The molecule has 6 aromatic rings. The summed E-state index contributed by atoms with van der Waals surface area (Å²) in [5, 5.41) is 33.8. The van der Waals surface area contributed by atoms with Crippen molar-refractivity contribution in [1.82, 2.24) is 0 Å². The van der Waals surface area contributed by atoms with E-state index in [1.54, 1.807) is 18.2 Å². The predicted octanol–water partition coefficient (Wildman–Crippen LogP) is 10.1. The third-order valence-electron chi connectivity index (χ3n) is 8.10. The van der Waals surface area contributed by atoms with Crippen molar-refractivity contribution in [3.05, 3.63) is 193 Å². The van der Waals surface area contributed by atoms with Crippen LogP contribution in [0.2, 0.25) is 0 Å². The number of hydrogen-bond acceptors (Lipinski definition) is 9. The van der Waals surface area contributed by atoms with Gasteiger partial charge in [-0.1, -0.05) is 54.6 Å². The lowest BCUT2D eigenvalue weighted by atomic mass is 9.70. The topological polar surface area (TPSA) is 157 Å². The standard InChI is InChI=1S/C38H27N3O9/c1-38(32-8-2-5-11-35(32)48-29-20-14-26(15-21-29)39(42)43,33-9-3-6-12-36(33)49-30-22-16-27(17-23-30)40(44)45)34-10-4-7-13-37(34)50-31-24-18-28(19-25-31)41(46)47/h2-25H,1H3. The van der Waals surface area contributed by atoms with Crippen LogP contribution in [0.1, 0.15) is 23.6 Å². The minimum Gasteiger partial charge on any atom is -0.457 e. The van der Waals surface area contributed by atoms with Gasteiger partial charge in [-0.05, 0) is 61.5 Å². The van der Waals surface area contributed by atoms with E-state index in [2.05, 4.69) is 0 Å². The van der Waals surface area contributed by atoms with Gasteiger partial charge in [0.15, 0.2) is 0 Å². The van der Waals surface area contributed by atoms with Crippen LogP contribution in [0.5, 0.6) is 34.5 Å². The molecular weight excluding hydrogens is 642 g/mol. The van der Waals surface area contributed by atoms with Gasteiger partial charge in [0.05, 0.1) is 20.2 Å². The number of rotatable bonds is 12. The van der Waals surface area contributed by atoms with Crippen LogP contribution in [0.4, 0.5) is 17.1 Å².